The first-order chi connectivity index (χ1) is 6.77. The summed E-state index contributed by atoms with van der Waals surface area (Å²) < 4.78 is 0. The number of hydrogen-bond acceptors (Lipinski definition) is 3. The number of aliphatic hydroxyl groups is 1. The van der Waals surface area contributed by atoms with Crippen molar-refractivity contribution in [2.45, 2.75) is 0 Å². The molecule has 0 aliphatic heterocycles. The van der Waals surface area contributed by atoms with Crippen molar-refractivity contribution in [2.24, 2.45) is 0 Å². The van der Waals surface area contributed by atoms with E-state index < -0.39 is 0 Å². The molecule has 1 rings (SSSR count). The van der Waals surface area contributed by atoms with Crippen molar-refractivity contribution in [3.63, 3.8) is 0 Å². The van der Waals surface area contributed by atoms with E-state index in [1.165, 1.54) is 12.4 Å². The summed E-state index contributed by atoms with van der Waals surface area (Å²) in [6, 6.07) is 1.62. The first-order valence-corrected chi connectivity index (χ1v) is 4.05. The summed E-state index contributed by atoms with van der Waals surface area (Å²) in [6.45, 7) is -0.204. The molecule has 0 saturated carbocycles. The van der Waals surface area contributed by atoms with Crippen LogP contribution in [0, 0.1) is 11.8 Å². The summed E-state index contributed by atoms with van der Waals surface area (Å²) in [5.41, 5.74) is 1.07. The molecule has 1 amide bonds. The van der Waals surface area contributed by atoms with Gasteiger partial charge in [0.25, 0.3) is 5.91 Å². The summed E-state index contributed by atoms with van der Waals surface area (Å²) in [6.07, 6.45) is 3.00. The average molecular weight is 190 g/mol. The lowest BCUT2D eigenvalue weighted by molar-refractivity contribution is 0.0962. The van der Waals surface area contributed by atoms with Crippen LogP contribution in [-0.2, 0) is 0 Å². The molecule has 1 aromatic heterocycles. The molecule has 0 saturated heterocycles. The molecule has 0 atom stereocenters. The van der Waals surface area contributed by atoms with E-state index in [9.17, 15) is 4.79 Å². The number of hydrogen-bond donors (Lipinski definition) is 2. The zero-order valence-corrected chi connectivity index (χ0v) is 7.74. The summed E-state index contributed by atoms with van der Waals surface area (Å²) in [5, 5.41) is 11.0. The first-order valence-electron chi connectivity index (χ1n) is 4.05. The highest BCUT2D eigenvalue weighted by atomic mass is 16.2. The minimum Gasteiger partial charge on any atom is -0.384 e. The van der Waals surface area contributed by atoms with Crippen LogP contribution in [0.5, 0.6) is 0 Å². The molecular weight excluding hydrogens is 180 g/mol. The molecule has 0 fully saturated rings. The van der Waals surface area contributed by atoms with Crippen molar-refractivity contribution in [2.75, 3.05) is 13.7 Å². The highest BCUT2D eigenvalue weighted by Crippen LogP contribution is 2.00. The third-order valence-electron chi connectivity index (χ3n) is 1.54. The van der Waals surface area contributed by atoms with Crippen LogP contribution in [0.3, 0.4) is 0 Å². The Balaban J connectivity index is 2.95. The van der Waals surface area contributed by atoms with E-state index in [0.717, 1.165) is 0 Å². The fraction of sp³-hybridized carbons (Fsp3) is 0.200. The van der Waals surface area contributed by atoms with Gasteiger partial charge in [0, 0.05) is 25.0 Å². The number of carbonyl (C=O) groups excluding carboxylic acids is 1. The van der Waals surface area contributed by atoms with Gasteiger partial charge in [0.1, 0.15) is 6.61 Å². The number of rotatable bonds is 1. The maximum Gasteiger partial charge on any atom is 0.252 e. The zero-order chi connectivity index (χ0) is 10.4. The van der Waals surface area contributed by atoms with Crippen LogP contribution in [0.15, 0.2) is 18.5 Å². The Morgan fingerprint density at radius 1 is 1.64 bits per heavy atom. The van der Waals surface area contributed by atoms with E-state index in [4.69, 9.17) is 5.11 Å². The van der Waals surface area contributed by atoms with Gasteiger partial charge in [-0.05, 0) is 6.07 Å². The van der Waals surface area contributed by atoms with Crippen molar-refractivity contribution in [1.29, 1.82) is 0 Å². The molecule has 0 bridgehead atoms. The van der Waals surface area contributed by atoms with Gasteiger partial charge in [-0.1, -0.05) is 11.8 Å². The van der Waals surface area contributed by atoms with Crippen LogP contribution in [0.2, 0.25) is 0 Å². The number of nitrogens with zero attached hydrogens (tertiary/aromatic N) is 1. The van der Waals surface area contributed by atoms with Crippen molar-refractivity contribution >= 4 is 5.91 Å². The van der Waals surface area contributed by atoms with Crippen molar-refractivity contribution < 1.29 is 9.90 Å². The zero-order valence-electron chi connectivity index (χ0n) is 7.74. The molecule has 14 heavy (non-hydrogen) atoms. The maximum atomic E-state index is 11.2. The van der Waals surface area contributed by atoms with Gasteiger partial charge < -0.3 is 10.4 Å². The first kappa shape index (κ1) is 10.2. The number of pyridine rings is 1. The number of nitrogens with one attached hydrogen (secondary N) is 1. The van der Waals surface area contributed by atoms with E-state index in [0.29, 0.717) is 11.1 Å². The van der Waals surface area contributed by atoms with Gasteiger partial charge in [-0.25, -0.2) is 0 Å². The molecule has 1 aromatic rings. The van der Waals surface area contributed by atoms with E-state index in [1.807, 2.05) is 0 Å². The summed E-state index contributed by atoms with van der Waals surface area (Å²) in [5.74, 6) is 4.95. The van der Waals surface area contributed by atoms with Crippen LogP contribution in [0.25, 0.3) is 0 Å². The van der Waals surface area contributed by atoms with Crippen molar-refractivity contribution in [3.05, 3.63) is 29.6 Å². The van der Waals surface area contributed by atoms with Gasteiger partial charge in [0.15, 0.2) is 0 Å². The third-order valence-corrected chi connectivity index (χ3v) is 1.54. The minimum atomic E-state index is -0.204. The number of aromatic nitrogens is 1. The molecule has 2 N–H and O–H groups in total. The largest absolute Gasteiger partial charge is 0.384 e. The number of aliphatic hydroxyl groups excluding tert-OH is 1. The lowest BCUT2D eigenvalue weighted by Gasteiger charge is -1.98. The van der Waals surface area contributed by atoms with Crippen LogP contribution in [0.1, 0.15) is 15.9 Å². The van der Waals surface area contributed by atoms with Crippen LogP contribution < -0.4 is 5.32 Å². The molecule has 0 radical (unpaired) electrons. The number of amides is 1. The van der Waals surface area contributed by atoms with E-state index in [2.05, 4.69) is 22.1 Å². The predicted molar refractivity (Wildman–Crippen MR) is 51.6 cm³/mol. The topological polar surface area (TPSA) is 62.2 Å². The summed E-state index contributed by atoms with van der Waals surface area (Å²) in [4.78, 5) is 15.1. The Morgan fingerprint density at radius 2 is 2.43 bits per heavy atom. The Hall–Kier alpha value is -1.86. The SMILES string of the molecule is CNC(=O)c1cncc(C#CCO)c1. The van der Waals surface area contributed by atoms with Gasteiger partial charge in [0.05, 0.1) is 5.56 Å². The van der Waals surface area contributed by atoms with E-state index >= 15 is 0 Å². The van der Waals surface area contributed by atoms with E-state index in [-0.39, 0.29) is 12.5 Å². The van der Waals surface area contributed by atoms with Gasteiger partial charge in [-0.3, -0.25) is 9.78 Å². The molecule has 0 spiro atoms. The lowest BCUT2D eigenvalue weighted by atomic mass is 10.2. The second-order valence-corrected chi connectivity index (χ2v) is 2.50. The lowest BCUT2D eigenvalue weighted by Crippen LogP contribution is -2.17. The van der Waals surface area contributed by atoms with Gasteiger partial charge in [0.2, 0.25) is 0 Å². The molecule has 0 aliphatic carbocycles. The number of carbonyl (C=O) groups is 1. The molecule has 0 aromatic carbocycles. The molecule has 1 heterocycles. The molecule has 4 nitrogen and oxygen atoms in total. The van der Waals surface area contributed by atoms with E-state index in [1.54, 1.807) is 13.1 Å². The van der Waals surface area contributed by atoms with Crippen molar-refractivity contribution in [3.8, 4) is 11.8 Å². The highest BCUT2D eigenvalue weighted by Gasteiger charge is 2.02. The molecule has 0 unspecified atom stereocenters. The quantitative estimate of drug-likeness (QED) is 0.602. The second-order valence-electron chi connectivity index (χ2n) is 2.50. The van der Waals surface area contributed by atoms with Gasteiger partial charge >= 0.3 is 0 Å². The normalized spacial score (nSPS) is 8.71. The maximum absolute atomic E-state index is 11.2. The fourth-order valence-corrected chi connectivity index (χ4v) is 0.918. The second kappa shape index (κ2) is 5.00. The average Bonchev–Trinajstić information content (AvgIpc) is 2.25. The third kappa shape index (κ3) is 2.57. The molecule has 0 aliphatic rings. The minimum absolute atomic E-state index is 0.204. The predicted octanol–water partition coefficient (Wildman–Crippen LogP) is -0.215. The summed E-state index contributed by atoms with van der Waals surface area (Å²) >= 11 is 0. The van der Waals surface area contributed by atoms with Crippen molar-refractivity contribution in [1.82, 2.24) is 10.3 Å². The Bertz CT molecular complexity index is 391. The standard InChI is InChI=1S/C10H10N2O2/c1-11-10(14)9-5-8(3-2-4-13)6-12-7-9/h5-7,13H,4H2,1H3,(H,11,14). The van der Waals surface area contributed by atoms with Crippen LogP contribution in [0.4, 0.5) is 0 Å². The van der Waals surface area contributed by atoms with Crippen LogP contribution in [-0.4, -0.2) is 29.7 Å². The summed E-state index contributed by atoms with van der Waals surface area (Å²) in [7, 11) is 1.55. The molecule has 4 heteroatoms. The molecule has 72 valence electrons. The van der Waals surface area contributed by atoms with Crippen LogP contribution >= 0.6 is 0 Å². The van der Waals surface area contributed by atoms with Gasteiger partial charge in [-0.2, -0.15) is 0 Å². The van der Waals surface area contributed by atoms with Gasteiger partial charge in [-0.15, -0.1) is 0 Å². The smallest absolute Gasteiger partial charge is 0.252 e. The molecular formula is C10H10N2O2. The Labute approximate surface area is 82.0 Å². The highest BCUT2D eigenvalue weighted by molar-refractivity contribution is 5.93. The fourth-order valence-electron chi connectivity index (χ4n) is 0.918. The monoisotopic (exact) mass is 190 g/mol. The Morgan fingerprint density at radius 3 is 3.07 bits per heavy atom. The Kier molecular flexibility index (Phi) is 3.65.